The minimum atomic E-state index is 0.0126. The summed E-state index contributed by atoms with van der Waals surface area (Å²) in [7, 11) is 0. The summed E-state index contributed by atoms with van der Waals surface area (Å²) in [6, 6.07) is 5.49. The van der Waals surface area contributed by atoms with Crippen molar-refractivity contribution in [1.29, 1.82) is 0 Å². The number of likely N-dealkylation sites (tertiary alicyclic amines) is 1. The first-order valence-electron chi connectivity index (χ1n) is 7.18. The lowest BCUT2D eigenvalue weighted by molar-refractivity contribution is 0.0727. The van der Waals surface area contributed by atoms with Crippen LogP contribution in [0.5, 0.6) is 0 Å². The van der Waals surface area contributed by atoms with Gasteiger partial charge in [-0.15, -0.1) is 0 Å². The first-order chi connectivity index (χ1) is 9.83. The van der Waals surface area contributed by atoms with Gasteiger partial charge in [0.15, 0.2) is 5.76 Å². The number of rotatable bonds is 3. The molecule has 0 radical (unpaired) electrons. The number of nitrogens with zero attached hydrogens (tertiary/aromatic N) is 3. The van der Waals surface area contributed by atoms with E-state index in [4.69, 9.17) is 4.42 Å². The number of aromatic nitrogens is 2. The monoisotopic (exact) mass is 273 g/mol. The lowest BCUT2D eigenvalue weighted by atomic mass is 10.2. The van der Waals surface area contributed by atoms with Crippen LogP contribution in [0.2, 0.25) is 0 Å². The molecule has 5 heteroatoms. The lowest BCUT2D eigenvalue weighted by Gasteiger charge is -2.18. The molecule has 1 saturated heterocycles. The predicted octanol–water partition coefficient (Wildman–Crippen LogP) is 2.54. The van der Waals surface area contributed by atoms with Crippen molar-refractivity contribution >= 4 is 5.91 Å². The second kappa shape index (κ2) is 5.94. The Morgan fingerprint density at radius 1 is 1.20 bits per heavy atom. The van der Waals surface area contributed by atoms with Gasteiger partial charge >= 0.3 is 0 Å². The molecule has 1 amide bonds. The van der Waals surface area contributed by atoms with Gasteiger partial charge in [0.25, 0.3) is 5.91 Å². The highest BCUT2D eigenvalue weighted by molar-refractivity contribution is 5.91. The van der Waals surface area contributed by atoms with E-state index in [-0.39, 0.29) is 5.91 Å². The van der Waals surface area contributed by atoms with E-state index in [1.165, 1.54) is 12.8 Å². The molecule has 0 atom stereocenters. The summed E-state index contributed by atoms with van der Waals surface area (Å²) < 4.78 is 7.44. The van der Waals surface area contributed by atoms with Crippen LogP contribution in [0.15, 0.2) is 35.0 Å². The van der Waals surface area contributed by atoms with E-state index in [1.54, 1.807) is 16.9 Å². The Labute approximate surface area is 118 Å². The van der Waals surface area contributed by atoms with Gasteiger partial charge in [-0.25, -0.2) is 0 Å². The maximum absolute atomic E-state index is 12.4. The summed E-state index contributed by atoms with van der Waals surface area (Å²) >= 11 is 0. The number of carbonyl (C=O) groups is 1. The van der Waals surface area contributed by atoms with Gasteiger partial charge in [0.2, 0.25) is 0 Å². The van der Waals surface area contributed by atoms with E-state index in [0.29, 0.717) is 12.3 Å². The molecule has 1 aliphatic rings. The van der Waals surface area contributed by atoms with Crippen molar-refractivity contribution in [1.82, 2.24) is 14.7 Å². The van der Waals surface area contributed by atoms with E-state index in [9.17, 15) is 4.79 Å². The normalized spacial score (nSPS) is 16.1. The minimum absolute atomic E-state index is 0.0126. The van der Waals surface area contributed by atoms with Crippen molar-refractivity contribution in [2.75, 3.05) is 13.1 Å². The van der Waals surface area contributed by atoms with Crippen molar-refractivity contribution in [3.63, 3.8) is 0 Å². The highest BCUT2D eigenvalue weighted by Gasteiger charge is 2.20. The van der Waals surface area contributed by atoms with Gasteiger partial charge in [-0.05, 0) is 31.0 Å². The van der Waals surface area contributed by atoms with Gasteiger partial charge in [-0.1, -0.05) is 12.8 Å². The summed E-state index contributed by atoms with van der Waals surface area (Å²) in [4.78, 5) is 14.3. The summed E-state index contributed by atoms with van der Waals surface area (Å²) in [5.74, 6) is 1.21. The van der Waals surface area contributed by atoms with Gasteiger partial charge in [0.05, 0.1) is 6.54 Å². The summed E-state index contributed by atoms with van der Waals surface area (Å²) in [6.45, 7) is 2.24. The van der Waals surface area contributed by atoms with Gasteiger partial charge in [-0.3, -0.25) is 9.48 Å². The highest BCUT2D eigenvalue weighted by Crippen LogP contribution is 2.16. The molecule has 20 heavy (non-hydrogen) atoms. The Kier molecular flexibility index (Phi) is 3.85. The minimum Gasteiger partial charge on any atom is -0.454 e. The summed E-state index contributed by atoms with van der Waals surface area (Å²) in [5, 5.41) is 4.13. The Morgan fingerprint density at radius 3 is 2.70 bits per heavy atom. The smallest absolute Gasteiger partial charge is 0.289 e. The Balaban J connectivity index is 1.67. The molecule has 1 fully saturated rings. The quantitative estimate of drug-likeness (QED) is 0.863. The Bertz CT molecular complexity index is 551. The molecule has 0 unspecified atom stereocenters. The third kappa shape index (κ3) is 2.92. The van der Waals surface area contributed by atoms with Crippen molar-refractivity contribution < 1.29 is 9.21 Å². The van der Waals surface area contributed by atoms with Crippen LogP contribution in [0.1, 0.15) is 42.0 Å². The molecular formula is C15H19N3O2. The molecule has 2 aromatic heterocycles. The fourth-order valence-corrected chi connectivity index (χ4v) is 2.56. The molecule has 0 bridgehead atoms. The summed E-state index contributed by atoms with van der Waals surface area (Å²) in [5.41, 5.74) is 0. The van der Waals surface area contributed by atoms with Gasteiger partial charge in [0.1, 0.15) is 5.76 Å². The Morgan fingerprint density at radius 2 is 2.00 bits per heavy atom. The largest absolute Gasteiger partial charge is 0.454 e. The average molecular weight is 273 g/mol. The zero-order valence-electron chi connectivity index (χ0n) is 11.5. The van der Waals surface area contributed by atoms with Crippen LogP contribution >= 0.6 is 0 Å². The molecule has 0 spiro atoms. The molecule has 3 rings (SSSR count). The zero-order chi connectivity index (χ0) is 13.8. The van der Waals surface area contributed by atoms with E-state index in [0.717, 1.165) is 31.7 Å². The molecule has 0 aromatic carbocycles. The lowest BCUT2D eigenvalue weighted by Crippen LogP contribution is -2.31. The van der Waals surface area contributed by atoms with Crippen molar-refractivity contribution in [3.8, 4) is 0 Å². The van der Waals surface area contributed by atoms with Crippen molar-refractivity contribution in [3.05, 3.63) is 42.1 Å². The molecule has 0 saturated carbocycles. The standard InChI is InChI=1S/C15H19N3O2/c19-15(17-9-3-1-2-4-10-17)14-7-6-13(20-14)12-18-11-5-8-16-18/h5-8,11H,1-4,9-10,12H2. The number of hydrogen-bond acceptors (Lipinski definition) is 3. The second-order valence-corrected chi connectivity index (χ2v) is 5.18. The number of hydrogen-bond donors (Lipinski definition) is 0. The third-order valence-corrected chi connectivity index (χ3v) is 3.64. The molecule has 3 heterocycles. The van der Waals surface area contributed by atoms with Crippen molar-refractivity contribution in [2.24, 2.45) is 0 Å². The van der Waals surface area contributed by atoms with E-state index in [1.807, 2.05) is 23.2 Å². The first-order valence-corrected chi connectivity index (χ1v) is 7.18. The van der Waals surface area contributed by atoms with E-state index >= 15 is 0 Å². The maximum atomic E-state index is 12.4. The predicted molar refractivity (Wildman–Crippen MR) is 74.4 cm³/mol. The Hall–Kier alpha value is -2.04. The molecule has 0 N–H and O–H groups in total. The maximum Gasteiger partial charge on any atom is 0.289 e. The SMILES string of the molecule is O=C(c1ccc(Cn2cccn2)o1)N1CCCCCC1. The van der Waals surface area contributed by atoms with Crippen LogP contribution in [-0.4, -0.2) is 33.7 Å². The molecule has 0 aliphatic carbocycles. The fourth-order valence-electron chi connectivity index (χ4n) is 2.56. The topological polar surface area (TPSA) is 51.3 Å². The molecule has 2 aromatic rings. The molecular weight excluding hydrogens is 254 g/mol. The van der Waals surface area contributed by atoms with Gasteiger partial charge < -0.3 is 9.32 Å². The molecule has 1 aliphatic heterocycles. The fraction of sp³-hybridized carbons (Fsp3) is 0.467. The number of carbonyl (C=O) groups excluding carboxylic acids is 1. The van der Waals surface area contributed by atoms with E-state index in [2.05, 4.69) is 5.10 Å². The van der Waals surface area contributed by atoms with Crippen LogP contribution in [0.3, 0.4) is 0 Å². The highest BCUT2D eigenvalue weighted by atomic mass is 16.4. The second-order valence-electron chi connectivity index (χ2n) is 5.18. The molecule has 5 nitrogen and oxygen atoms in total. The van der Waals surface area contributed by atoms with Crippen molar-refractivity contribution in [2.45, 2.75) is 32.2 Å². The van der Waals surface area contributed by atoms with E-state index < -0.39 is 0 Å². The van der Waals surface area contributed by atoms with Crippen LogP contribution in [0.4, 0.5) is 0 Å². The third-order valence-electron chi connectivity index (χ3n) is 3.64. The number of furan rings is 1. The van der Waals surface area contributed by atoms with Gasteiger partial charge in [0, 0.05) is 25.5 Å². The van der Waals surface area contributed by atoms with Crippen LogP contribution in [0, 0.1) is 0 Å². The summed E-state index contributed by atoms with van der Waals surface area (Å²) in [6.07, 6.45) is 8.21. The van der Waals surface area contributed by atoms with Crippen LogP contribution in [0.25, 0.3) is 0 Å². The zero-order valence-corrected chi connectivity index (χ0v) is 11.5. The van der Waals surface area contributed by atoms with Crippen LogP contribution < -0.4 is 0 Å². The van der Waals surface area contributed by atoms with Crippen LogP contribution in [-0.2, 0) is 6.54 Å². The van der Waals surface area contributed by atoms with Gasteiger partial charge in [-0.2, -0.15) is 5.10 Å². The number of amides is 1. The first kappa shape index (κ1) is 13.0. The molecule has 106 valence electrons. The average Bonchev–Trinajstić information content (AvgIpc) is 3.05.